The van der Waals surface area contributed by atoms with Crippen LogP contribution in [0.25, 0.3) is 0 Å². The molecule has 2 rings (SSSR count). The van der Waals surface area contributed by atoms with E-state index < -0.39 is 0 Å². The molecule has 100 valence electrons. The Bertz CT molecular complexity index is 564. The summed E-state index contributed by atoms with van der Waals surface area (Å²) in [6.07, 6.45) is 3.25. The highest BCUT2D eigenvalue weighted by Gasteiger charge is 2.06. The van der Waals surface area contributed by atoms with Gasteiger partial charge in [-0.05, 0) is 18.2 Å². The summed E-state index contributed by atoms with van der Waals surface area (Å²) < 4.78 is 12.6. The Morgan fingerprint density at radius 3 is 2.84 bits per heavy atom. The van der Waals surface area contributed by atoms with Crippen LogP contribution < -0.4 is 9.47 Å². The van der Waals surface area contributed by atoms with E-state index in [1.807, 2.05) is 13.1 Å². The van der Waals surface area contributed by atoms with Crippen LogP contribution >= 0.6 is 0 Å². The highest BCUT2D eigenvalue weighted by Crippen LogP contribution is 2.23. The second-order valence-corrected chi connectivity index (χ2v) is 4.07. The number of hydrogen-bond donors (Lipinski definition) is 0. The van der Waals surface area contributed by atoms with Crippen molar-refractivity contribution in [2.75, 3.05) is 13.7 Å². The molecule has 0 bridgehead atoms. The molecule has 0 saturated heterocycles. The fraction of sp³-hybridized carbons (Fsp3) is 0.286. The number of carbonyl (C=O) groups is 1. The third kappa shape index (κ3) is 3.13. The van der Waals surface area contributed by atoms with Gasteiger partial charge in [-0.2, -0.15) is 5.10 Å². The lowest BCUT2D eigenvalue weighted by Crippen LogP contribution is -2.07. The summed E-state index contributed by atoms with van der Waals surface area (Å²) in [4.78, 5) is 10.9. The molecule has 0 fully saturated rings. The van der Waals surface area contributed by atoms with E-state index in [-0.39, 0.29) is 0 Å². The van der Waals surface area contributed by atoms with E-state index in [0.29, 0.717) is 23.7 Å². The maximum Gasteiger partial charge on any atom is 0.153 e. The summed E-state index contributed by atoms with van der Waals surface area (Å²) in [6, 6.07) is 7.07. The molecule has 19 heavy (non-hydrogen) atoms. The lowest BCUT2D eigenvalue weighted by atomic mass is 10.2. The number of rotatable bonds is 6. The van der Waals surface area contributed by atoms with E-state index in [4.69, 9.17) is 9.47 Å². The van der Waals surface area contributed by atoms with Gasteiger partial charge in [0.2, 0.25) is 0 Å². The van der Waals surface area contributed by atoms with E-state index in [2.05, 4.69) is 5.10 Å². The van der Waals surface area contributed by atoms with Gasteiger partial charge < -0.3 is 9.47 Å². The first-order valence-electron chi connectivity index (χ1n) is 5.97. The zero-order valence-electron chi connectivity index (χ0n) is 11.0. The molecule has 0 aliphatic rings. The molecule has 1 aromatic carbocycles. The summed E-state index contributed by atoms with van der Waals surface area (Å²) in [5.74, 6) is 1.21. The van der Waals surface area contributed by atoms with Crippen LogP contribution in [0.2, 0.25) is 0 Å². The Labute approximate surface area is 111 Å². The van der Waals surface area contributed by atoms with Crippen LogP contribution in [0.4, 0.5) is 0 Å². The minimum absolute atomic E-state index is 0.480. The number of ether oxygens (including phenoxy) is 2. The first kappa shape index (κ1) is 13.1. The average molecular weight is 260 g/mol. The molecule has 0 aliphatic heterocycles. The topological polar surface area (TPSA) is 53.4 Å². The molecular formula is C14H16N2O3. The van der Waals surface area contributed by atoms with Crippen molar-refractivity contribution in [1.29, 1.82) is 0 Å². The minimum atomic E-state index is 0.480. The predicted octanol–water partition coefficient (Wildman–Crippen LogP) is 1.86. The van der Waals surface area contributed by atoms with Crippen LogP contribution in [0.15, 0.2) is 30.5 Å². The molecule has 1 aromatic heterocycles. The van der Waals surface area contributed by atoms with Gasteiger partial charge in [-0.25, -0.2) is 0 Å². The SMILES string of the molecule is COc1ccc(C=O)c(OCCc2ccnn2C)c1. The van der Waals surface area contributed by atoms with Crippen LogP contribution in [0.3, 0.4) is 0 Å². The third-order valence-corrected chi connectivity index (χ3v) is 2.89. The monoisotopic (exact) mass is 260 g/mol. The Balaban J connectivity index is 2.02. The maximum absolute atomic E-state index is 10.9. The number of benzene rings is 1. The molecule has 0 saturated carbocycles. The molecule has 0 N–H and O–H groups in total. The molecule has 0 amide bonds. The van der Waals surface area contributed by atoms with Gasteiger partial charge in [0.1, 0.15) is 11.5 Å². The lowest BCUT2D eigenvalue weighted by Gasteiger charge is -2.10. The lowest BCUT2D eigenvalue weighted by molar-refractivity contribution is 0.111. The summed E-state index contributed by atoms with van der Waals surface area (Å²) >= 11 is 0. The highest BCUT2D eigenvalue weighted by molar-refractivity contribution is 5.79. The van der Waals surface area contributed by atoms with Crippen LogP contribution in [0, 0.1) is 0 Å². The number of aromatic nitrogens is 2. The first-order chi connectivity index (χ1) is 9.24. The van der Waals surface area contributed by atoms with Gasteiger partial charge in [0, 0.05) is 31.4 Å². The molecule has 5 heteroatoms. The fourth-order valence-corrected chi connectivity index (χ4v) is 1.78. The Morgan fingerprint density at radius 2 is 2.21 bits per heavy atom. The molecule has 0 atom stereocenters. The van der Waals surface area contributed by atoms with Crippen LogP contribution in [-0.4, -0.2) is 29.8 Å². The molecule has 0 radical (unpaired) electrons. The number of hydrogen-bond acceptors (Lipinski definition) is 4. The standard InChI is InChI=1S/C14H16N2O3/c1-16-12(5-7-15-16)6-8-19-14-9-13(18-2)4-3-11(14)10-17/h3-5,7,9-10H,6,8H2,1-2H3. The van der Waals surface area contributed by atoms with Gasteiger partial charge in [0.25, 0.3) is 0 Å². The van der Waals surface area contributed by atoms with Crippen molar-refractivity contribution >= 4 is 6.29 Å². The van der Waals surface area contributed by atoms with E-state index in [9.17, 15) is 4.79 Å². The number of methoxy groups -OCH3 is 1. The van der Waals surface area contributed by atoms with E-state index in [1.165, 1.54) is 0 Å². The zero-order chi connectivity index (χ0) is 13.7. The molecule has 5 nitrogen and oxygen atoms in total. The molecule has 0 spiro atoms. The van der Waals surface area contributed by atoms with E-state index >= 15 is 0 Å². The van der Waals surface area contributed by atoms with Gasteiger partial charge in [-0.1, -0.05) is 0 Å². The summed E-state index contributed by atoms with van der Waals surface area (Å²) in [5.41, 5.74) is 1.60. The summed E-state index contributed by atoms with van der Waals surface area (Å²) in [5, 5.41) is 4.09. The second kappa shape index (κ2) is 6.04. The third-order valence-electron chi connectivity index (χ3n) is 2.89. The van der Waals surface area contributed by atoms with Gasteiger partial charge >= 0.3 is 0 Å². The van der Waals surface area contributed by atoms with Crippen molar-refractivity contribution in [3.8, 4) is 11.5 Å². The van der Waals surface area contributed by atoms with Gasteiger partial charge in [-0.15, -0.1) is 0 Å². The van der Waals surface area contributed by atoms with E-state index in [1.54, 1.807) is 36.2 Å². The number of carbonyl (C=O) groups excluding carboxylic acids is 1. The molecular weight excluding hydrogens is 244 g/mol. The predicted molar refractivity (Wildman–Crippen MR) is 70.8 cm³/mol. The average Bonchev–Trinajstić information content (AvgIpc) is 2.84. The van der Waals surface area contributed by atoms with Crippen LogP contribution in [0.1, 0.15) is 16.1 Å². The maximum atomic E-state index is 10.9. The van der Waals surface area contributed by atoms with E-state index in [0.717, 1.165) is 18.4 Å². The van der Waals surface area contributed by atoms with Gasteiger partial charge in [0.05, 0.1) is 19.3 Å². The van der Waals surface area contributed by atoms with Gasteiger partial charge in [0.15, 0.2) is 6.29 Å². The Hall–Kier alpha value is -2.30. The van der Waals surface area contributed by atoms with Crippen molar-refractivity contribution in [2.24, 2.45) is 7.05 Å². The second-order valence-electron chi connectivity index (χ2n) is 4.07. The summed E-state index contributed by atoms with van der Waals surface area (Å²) in [7, 11) is 3.47. The fourth-order valence-electron chi connectivity index (χ4n) is 1.78. The van der Waals surface area contributed by atoms with Crippen LogP contribution in [0.5, 0.6) is 11.5 Å². The number of nitrogens with zero attached hydrogens (tertiary/aromatic N) is 2. The van der Waals surface area contributed by atoms with Crippen LogP contribution in [-0.2, 0) is 13.5 Å². The molecule has 0 aliphatic carbocycles. The Morgan fingerprint density at radius 1 is 1.37 bits per heavy atom. The first-order valence-corrected chi connectivity index (χ1v) is 5.97. The molecule has 2 aromatic rings. The normalized spacial score (nSPS) is 10.2. The summed E-state index contributed by atoms with van der Waals surface area (Å²) in [6.45, 7) is 0.480. The molecule has 1 heterocycles. The number of aryl methyl sites for hydroxylation is 1. The molecule has 0 unspecified atom stereocenters. The van der Waals surface area contributed by atoms with Crippen molar-refractivity contribution in [3.05, 3.63) is 41.7 Å². The zero-order valence-corrected chi connectivity index (χ0v) is 11.0. The van der Waals surface area contributed by atoms with Crippen molar-refractivity contribution in [1.82, 2.24) is 9.78 Å². The van der Waals surface area contributed by atoms with Crippen molar-refractivity contribution in [2.45, 2.75) is 6.42 Å². The van der Waals surface area contributed by atoms with Crippen molar-refractivity contribution < 1.29 is 14.3 Å². The Kier molecular flexibility index (Phi) is 4.18. The quantitative estimate of drug-likeness (QED) is 0.744. The minimum Gasteiger partial charge on any atom is -0.497 e. The highest BCUT2D eigenvalue weighted by atomic mass is 16.5. The smallest absolute Gasteiger partial charge is 0.153 e. The number of aldehydes is 1. The van der Waals surface area contributed by atoms with Crippen molar-refractivity contribution in [3.63, 3.8) is 0 Å². The largest absolute Gasteiger partial charge is 0.497 e. The van der Waals surface area contributed by atoms with Gasteiger partial charge in [-0.3, -0.25) is 9.48 Å².